The molecule has 2 aromatic heterocycles. The van der Waals surface area contributed by atoms with Gasteiger partial charge >= 0.3 is 6.18 Å². The molecule has 1 aromatic carbocycles. The summed E-state index contributed by atoms with van der Waals surface area (Å²) >= 11 is 0. The van der Waals surface area contributed by atoms with Crippen LogP contribution in [0.2, 0.25) is 0 Å². The largest absolute Gasteiger partial charge is 0.419 e. The molecule has 3 aromatic rings. The average Bonchev–Trinajstić information content (AvgIpc) is 3.33. The van der Waals surface area contributed by atoms with Gasteiger partial charge in [0.25, 0.3) is 0 Å². The summed E-state index contributed by atoms with van der Waals surface area (Å²) in [6, 6.07) is 5.80. The van der Waals surface area contributed by atoms with Crippen molar-refractivity contribution in [1.29, 1.82) is 0 Å². The third-order valence-corrected chi connectivity index (χ3v) is 7.02. The summed E-state index contributed by atoms with van der Waals surface area (Å²) in [5.74, 6) is 0.444. The second-order valence-corrected chi connectivity index (χ2v) is 9.03. The van der Waals surface area contributed by atoms with Crippen molar-refractivity contribution in [2.24, 2.45) is 5.92 Å². The maximum Gasteiger partial charge on any atom is 0.419 e. The normalized spacial score (nSPS) is 24.7. The summed E-state index contributed by atoms with van der Waals surface area (Å²) < 4.78 is 39.2. The van der Waals surface area contributed by atoms with Crippen LogP contribution >= 0.6 is 0 Å². The molecule has 34 heavy (non-hydrogen) atoms. The van der Waals surface area contributed by atoms with Crippen molar-refractivity contribution in [3.05, 3.63) is 47.3 Å². The topological polar surface area (TPSA) is 134 Å². The number of aliphatic hydroxyl groups excluding tert-OH is 2. The number of alkyl halides is 3. The Kier molecular flexibility index (Phi) is 5.48. The van der Waals surface area contributed by atoms with Gasteiger partial charge in [0.1, 0.15) is 29.9 Å². The highest BCUT2D eigenvalue weighted by Gasteiger charge is 2.45. The monoisotopic (exact) mass is 474 g/mol. The lowest BCUT2D eigenvalue weighted by molar-refractivity contribution is -0.137. The highest BCUT2D eigenvalue weighted by molar-refractivity contribution is 5.82. The molecule has 4 atom stereocenters. The van der Waals surface area contributed by atoms with Gasteiger partial charge in [-0.15, -0.1) is 0 Å². The molecule has 0 saturated heterocycles. The van der Waals surface area contributed by atoms with E-state index < -0.39 is 29.8 Å². The van der Waals surface area contributed by atoms with Crippen LogP contribution in [0.25, 0.3) is 10.9 Å². The molecule has 3 heterocycles. The first-order chi connectivity index (χ1) is 16.1. The number of rotatable bonds is 4. The van der Waals surface area contributed by atoms with E-state index in [2.05, 4.69) is 15.0 Å². The van der Waals surface area contributed by atoms with Crippen LogP contribution < -0.4 is 16.4 Å². The van der Waals surface area contributed by atoms with E-state index in [0.29, 0.717) is 54.8 Å². The molecule has 180 valence electrons. The molecule has 11 heteroatoms. The van der Waals surface area contributed by atoms with Crippen molar-refractivity contribution in [2.45, 2.75) is 50.1 Å². The van der Waals surface area contributed by atoms with E-state index in [1.54, 1.807) is 18.2 Å². The Balaban J connectivity index is 1.30. The summed E-state index contributed by atoms with van der Waals surface area (Å²) in [5, 5.41) is 21.8. The number of nitrogens with zero attached hydrogens (tertiary/aromatic N) is 4. The molecule has 1 aliphatic carbocycles. The van der Waals surface area contributed by atoms with Crippen LogP contribution in [0, 0.1) is 5.92 Å². The lowest BCUT2D eigenvalue weighted by atomic mass is 9.95. The number of aromatic nitrogens is 3. The molecule has 2 aliphatic rings. The number of anilines is 3. The lowest BCUT2D eigenvalue weighted by Gasteiger charge is -2.28. The van der Waals surface area contributed by atoms with Crippen molar-refractivity contribution in [2.75, 3.05) is 22.9 Å². The molecule has 1 saturated carbocycles. The molecule has 5 rings (SSSR count). The van der Waals surface area contributed by atoms with Crippen LogP contribution in [0.5, 0.6) is 0 Å². The number of hydrogen-bond donors (Lipinski definition) is 4. The number of fused-ring (bicyclic) bond motifs is 2. The van der Waals surface area contributed by atoms with Gasteiger partial charge in [0.2, 0.25) is 0 Å². The van der Waals surface area contributed by atoms with Gasteiger partial charge in [-0.25, -0.2) is 15.0 Å². The molecule has 8 nitrogen and oxygen atoms in total. The van der Waals surface area contributed by atoms with Crippen LogP contribution in [0.15, 0.2) is 30.6 Å². The summed E-state index contributed by atoms with van der Waals surface area (Å²) in [4.78, 5) is 14.3. The van der Waals surface area contributed by atoms with Gasteiger partial charge < -0.3 is 26.6 Å². The lowest BCUT2D eigenvalue weighted by Crippen LogP contribution is -2.43. The number of aryl methyl sites for hydroxylation is 1. The summed E-state index contributed by atoms with van der Waals surface area (Å²) in [7, 11) is 0. The summed E-state index contributed by atoms with van der Waals surface area (Å²) in [5.41, 5.74) is 12.7. The first-order valence-electron chi connectivity index (χ1n) is 11.1. The van der Waals surface area contributed by atoms with E-state index in [1.807, 2.05) is 4.90 Å². The van der Waals surface area contributed by atoms with Gasteiger partial charge in [-0.05, 0) is 49.3 Å². The first kappa shape index (κ1) is 22.6. The van der Waals surface area contributed by atoms with Gasteiger partial charge in [0.15, 0.2) is 0 Å². The molecular formula is C23H25F3N6O2. The minimum absolute atomic E-state index is 0.149. The molecule has 0 bridgehead atoms. The fourth-order valence-electron chi connectivity index (χ4n) is 5.22. The van der Waals surface area contributed by atoms with Crippen LogP contribution in [-0.2, 0) is 19.0 Å². The van der Waals surface area contributed by atoms with Crippen LogP contribution in [0.4, 0.5) is 30.6 Å². The zero-order valence-corrected chi connectivity index (χ0v) is 18.2. The predicted octanol–water partition coefficient (Wildman–Crippen LogP) is 2.31. The molecule has 1 aliphatic heterocycles. The van der Waals surface area contributed by atoms with Crippen molar-refractivity contribution in [1.82, 2.24) is 15.0 Å². The van der Waals surface area contributed by atoms with E-state index >= 15 is 0 Å². The van der Waals surface area contributed by atoms with Crippen LogP contribution in [0.1, 0.15) is 29.5 Å². The zero-order chi connectivity index (χ0) is 24.2. The first-order valence-corrected chi connectivity index (χ1v) is 11.1. The number of benzene rings is 1. The van der Waals surface area contributed by atoms with Gasteiger partial charge in [0, 0.05) is 17.5 Å². The number of nitrogen functional groups attached to an aromatic ring is 2. The van der Waals surface area contributed by atoms with E-state index in [4.69, 9.17) is 11.5 Å². The van der Waals surface area contributed by atoms with Gasteiger partial charge in [0.05, 0.1) is 23.2 Å². The molecule has 6 N–H and O–H groups in total. The average molecular weight is 474 g/mol. The standard InChI is InChI=1S/C23H25F3N6O2/c24-23(25,26)15-8-12-3-1-11(7-16(12)31-21(15)28)2-4-13-9-17(19(34)18(13)33)32-6-5-14-20(27)29-10-30-22(14)32/h1,3,7-8,10,13,17-19,33-34H,2,4-6,9H2,(H2,28,31)(H2,27,29,30)/t13?,17?,18?,19-/m1/s1. The Labute approximate surface area is 193 Å². The smallest absolute Gasteiger partial charge is 0.390 e. The molecule has 0 radical (unpaired) electrons. The number of hydrogen-bond acceptors (Lipinski definition) is 8. The Morgan fingerprint density at radius 1 is 1.06 bits per heavy atom. The summed E-state index contributed by atoms with van der Waals surface area (Å²) in [6.45, 7) is 0.650. The Morgan fingerprint density at radius 2 is 1.85 bits per heavy atom. The number of halogens is 3. The summed E-state index contributed by atoms with van der Waals surface area (Å²) in [6.07, 6.45) is -2.53. The maximum atomic E-state index is 13.1. The minimum Gasteiger partial charge on any atom is -0.390 e. The highest BCUT2D eigenvalue weighted by atomic mass is 19.4. The fourth-order valence-corrected chi connectivity index (χ4v) is 5.22. The van der Waals surface area contributed by atoms with E-state index in [1.165, 1.54) is 6.33 Å². The highest BCUT2D eigenvalue weighted by Crippen LogP contribution is 2.39. The van der Waals surface area contributed by atoms with Crippen molar-refractivity contribution in [3.63, 3.8) is 0 Å². The van der Waals surface area contributed by atoms with E-state index in [9.17, 15) is 23.4 Å². The molecule has 1 fully saturated rings. The number of nitrogens with two attached hydrogens (primary N) is 2. The molecular weight excluding hydrogens is 449 g/mol. The second-order valence-electron chi connectivity index (χ2n) is 9.03. The van der Waals surface area contributed by atoms with Crippen molar-refractivity contribution < 1.29 is 23.4 Å². The van der Waals surface area contributed by atoms with Crippen LogP contribution in [-0.4, -0.2) is 50.0 Å². The molecule has 3 unspecified atom stereocenters. The molecule has 0 amide bonds. The van der Waals surface area contributed by atoms with Crippen molar-refractivity contribution in [3.8, 4) is 0 Å². The minimum atomic E-state index is -4.56. The van der Waals surface area contributed by atoms with E-state index in [-0.39, 0.29) is 12.0 Å². The zero-order valence-electron chi connectivity index (χ0n) is 18.2. The van der Waals surface area contributed by atoms with Crippen molar-refractivity contribution >= 4 is 28.4 Å². The van der Waals surface area contributed by atoms with E-state index in [0.717, 1.165) is 17.2 Å². The maximum absolute atomic E-state index is 13.1. The number of pyridine rings is 1. The van der Waals surface area contributed by atoms with Crippen LogP contribution in [0.3, 0.4) is 0 Å². The second kappa shape index (κ2) is 8.24. The fraction of sp³-hybridized carbons (Fsp3) is 0.435. The Hall–Kier alpha value is -3.18. The van der Waals surface area contributed by atoms with Gasteiger partial charge in [-0.2, -0.15) is 13.2 Å². The van der Waals surface area contributed by atoms with Gasteiger partial charge in [-0.3, -0.25) is 0 Å². The van der Waals surface area contributed by atoms with Gasteiger partial charge in [-0.1, -0.05) is 12.1 Å². The Bertz CT molecular complexity index is 1240. The predicted molar refractivity (Wildman–Crippen MR) is 121 cm³/mol. The quantitative estimate of drug-likeness (QED) is 0.453. The third-order valence-electron chi connectivity index (χ3n) is 7.02. The number of aliphatic hydroxyl groups is 2. The SMILES string of the molecule is Nc1nc2cc(CCC3CC(N4CCc5c(N)ncnc54)[C@@H](O)C3O)ccc2cc1C(F)(F)F. The third kappa shape index (κ3) is 3.88. The Morgan fingerprint density at radius 3 is 2.62 bits per heavy atom. The molecule has 0 spiro atoms.